The molecular formula is C6H10BNO3. The zero-order valence-electron chi connectivity index (χ0n) is 6.06. The van der Waals surface area contributed by atoms with E-state index in [-0.39, 0.29) is 6.54 Å². The second-order valence-electron chi connectivity index (χ2n) is 3.07. The predicted octanol–water partition coefficient (Wildman–Crippen LogP) is -2.03. The number of ether oxygens (including phenoxy) is 2. The van der Waals surface area contributed by atoms with Crippen molar-refractivity contribution in [2.45, 2.75) is 23.8 Å². The molecule has 1 unspecified atom stereocenters. The minimum Gasteiger partial charge on any atom is -0.387 e. The molecule has 0 spiro atoms. The lowest BCUT2D eigenvalue weighted by Crippen LogP contribution is -2.47. The predicted molar refractivity (Wildman–Crippen MR) is 38.2 cm³/mol. The number of rotatable bonds is 1. The molecule has 2 saturated heterocycles. The van der Waals surface area contributed by atoms with Crippen molar-refractivity contribution < 1.29 is 14.6 Å². The quantitative estimate of drug-likeness (QED) is 0.428. The van der Waals surface area contributed by atoms with Gasteiger partial charge in [-0.1, -0.05) is 0 Å². The number of nitrogens with two attached hydrogens (primary N) is 1. The van der Waals surface area contributed by atoms with Gasteiger partial charge in [0.05, 0.1) is 6.61 Å². The Kier molecular flexibility index (Phi) is 1.51. The maximum Gasteiger partial charge on any atom is 0.131 e. The van der Waals surface area contributed by atoms with E-state index in [9.17, 15) is 5.11 Å². The lowest BCUT2D eigenvalue weighted by molar-refractivity contribution is -0.112. The first kappa shape index (κ1) is 7.55. The van der Waals surface area contributed by atoms with Crippen LogP contribution >= 0.6 is 0 Å². The fourth-order valence-corrected chi connectivity index (χ4v) is 1.66. The van der Waals surface area contributed by atoms with E-state index in [1.807, 2.05) is 0 Å². The summed E-state index contributed by atoms with van der Waals surface area (Å²) in [6, 6.07) is -0.526. The molecular weight excluding hydrogens is 145 g/mol. The molecule has 4 nitrogen and oxygen atoms in total. The van der Waals surface area contributed by atoms with E-state index in [1.54, 1.807) is 0 Å². The first-order valence-corrected chi connectivity index (χ1v) is 3.63. The highest BCUT2D eigenvalue weighted by Crippen LogP contribution is 2.37. The van der Waals surface area contributed by atoms with Crippen LogP contribution < -0.4 is 5.73 Å². The average Bonchev–Trinajstić information content (AvgIpc) is 2.42. The number of fused-ring (bicyclic) bond motifs is 2. The highest BCUT2D eigenvalue weighted by atomic mass is 16.6. The Morgan fingerprint density at radius 1 is 1.73 bits per heavy atom. The van der Waals surface area contributed by atoms with Crippen LogP contribution in [-0.2, 0) is 9.47 Å². The number of aliphatic hydroxyl groups is 1. The van der Waals surface area contributed by atoms with Crippen molar-refractivity contribution in [1.29, 1.82) is 0 Å². The van der Waals surface area contributed by atoms with Crippen LogP contribution in [0.2, 0.25) is 0 Å². The van der Waals surface area contributed by atoms with Crippen LogP contribution in [0.4, 0.5) is 0 Å². The molecule has 0 aromatic carbocycles. The molecule has 0 aromatic heterocycles. The Hall–Kier alpha value is -0.0951. The molecule has 3 N–H and O–H groups in total. The summed E-state index contributed by atoms with van der Waals surface area (Å²) in [5, 5.41) is 9.54. The Bertz CT molecular complexity index is 179. The molecule has 2 heterocycles. The second kappa shape index (κ2) is 2.20. The summed E-state index contributed by atoms with van der Waals surface area (Å²) < 4.78 is 10.5. The van der Waals surface area contributed by atoms with Gasteiger partial charge in [0.25, 0.3) is 0 Å². The van der Waals surface area contributed by atoms with Gasteiger partial charge in [0.1, 0.15) is 25.7 Å². The minimum atomic E-state index is -0.732. The topological polar surface area (TPSA) is 64.7 Å². The molecule has 2 radical (unpaired) electrons. The number of hydrogen-bond acceptors (Lipinski definition) is 4. The Labute approximate surface area is 66.1 Å². The summed E-state index contributed by atoms with van der Waals surface area (Å²) in [6.07, 6.45) is -1.05. The molecule has 5 heteroatoms. The van der Waals surface area contributed by atoms with Crippen molar-refractivity contribution in [3.05, 3.63) is 0 Å². The normalized spacial score (nSPS) is 55.3. The molecule has 0 amide bonds. The monoisotopic (exact) mass is 155 g/mol. The van der Waals surface area contributed by atoms with Gasteiger partial charge in [0.2, 0.25) is 0 Å². The largest absolute Gasteiger partial charge is 0.387 e. The number of hydrogen-bond donors (Lipinski definition) is 2. The molecule has 60 valence electrons. The Balaban J connectivity index is 2.24. The van der Waals surface area contributed by atoms with Crippen molar-refractivity contribution in [2.24, 2.45) is 5.73 Å². The Morgan fingerprint density at radius 3 is 2.73 bits per heavy atom. The van der Waals surface area contributed by atoms with Crippen LogP contribution in [0.1, 0.15) is 0 Å². The maximum atomic E-state index is 9.54. The van der Waals surface area contributed by atoms with Crippen LogP contribution in [0.15, 0.2) is 0 Å². The van der Waals surface area contributed by atoms with E-state index in [2.05, 4.69) is 0 Å². The molecule has 2 bridgehead atoms. The highest BCUT2D eigenvalue weighted by Gasteiger charge is 2.58. The van der Waals surface area contributed by atoms with Crippen molar-refractivity contribution >= 4 is 7.85 Å². The Morgan fingerprint density at radius 2 is 2.45 bits per heavy atom. The fourth-order valence-electron chi connectivity index (χ4n) is 1.66. The molecule has 4 atom stereocenters. The lowest BCUT2D eigenvalue weighted by atomic mass is 9.92. The van der Waals surface area contributed by atoms with Gasteiger partial charge in [0.15, 0.2) is 0 Å². The lowest BCUT2D eigenvalue weighted by Gasteiger charge is -2.27. The SMILES string of the molecule is [B][C@@H]1O[C@@]2(CN)CO[C@H]1C2O. The van der Waals surface area contributed by atoms with Gasteiger partial charge in [-0.15, -0.1) is 0 Å². The standard InChI is InChI=1S/C6H10BNO3/c7-5-3-4(9)6(1-8,11-5)2-10-3/h3-5,9H,1-2,8H2/t3-,4?,5+,6-/m0/s1. The molecule has 0 saturated carbocycles. The van der Waals surface area contributed by atoms with Crippen LogP contribution in [0, 0.1) is 0 Å². The van der Waals surface area contributed by atoms with Crippen LogP contribution in [0.25, 0.3) is 0 Å². The van der Waals surface area contributed by atoms with Gasteiger partial charge in [-0.2, -0.15) is 0 Å². The maximum absolute atomic E-state index is 9.54. The summed E-state index contributed by atoms with van der Waals surface area (Å²) in [5.41, 5.74) is 4.71. The van der Waals surface area contributed by atoms with Gasteiger partial charge in [0, 0.05) is 12.5 Å². The van der Waals surface area contributed by atoms with Gasteiger partial charge in [-0.3, -0.25) is 0 Å². The minimum absolute atomic E-state index is 0.248. The average molecular weight is 155 g/mol. The second-order valence-corrected chi connectivity index (χ2v) is 3.07. The van der Waals surface area contributed by atoms with Gasteiger partial charge in [-0.05, 0) is 0 Å². The van der Waals surface area contributed by atoms with E-state index in [4.69, 9.17) is 23.1 Å². The van der Waals surface area contributed by atoms with Crippen LogP contribution in [0.3, 0.4) is 0 Å². The third-order valence-corrected chi connectivity index (χ3v) is 2.41. The third kappa shape index (κ3) is 0.795. The molecule has 2 fully saturated rings. The number of aliphatic hydroxyl groups excluding tert-OH is 1. The van der Waals surface area contributed by atoms with Crippen molar-refractivity contribution in [3.8, 4) is 0 Å². The van der Waals surface area contributed by atoms with Gasteiger partial charge >= 0.3 is 0 Å². The zero-order valence-corrected chi connectivity index (χ0v) is 6.06. The summed E-state index contributed by atoms with van der Waals surface area (Å²) in [4.78, 5) is 0. The van der Waals surface area contributed by atoms with Crippen molar-refractivity contribution in [2.75, 3.05) is 13.2 Å². The highest BCUT2D eigenvalue weighted by molar-refractivity contribution is 6.11. The summed E-state index contributed by atoms with van der Waals surface area (Å²) in [7, 11) is 5.51. The summed E-state index contributed by atoms with van der Waals surface area (Å²) in [5.74, 6) is 0. The molecule has 0 aliphatic carbocycles. The molecule has 2 aliphatic heterocycles. The van der Waals surface area contributed by atoms with Crippen LogP contribution in [-0.4, -0.2) is 49.9 Å². The van der Waals surface area contributed by atoms with Gasteiger partial charge < -0.3 is 20.3 Å². The third-order valence-electron chi connectivity index (χ3n) is 2.41. The van der Waals surface area contributed by atoms with E-state index >= 15 is 0 Å². The smallest absolute Gasteiger partial charge is 0.131 e. The fraction of sp³-hybridized carbons (Fsp3) is 1.00. The van der Waals surface area contributed by atoms with E-state index in [0.717, 1.165) is 0 Å². The van der Waals surface area contributed by atoms with Crippen LogP contribution in [0.5, 0.6) is 0 Å². The first-order valence-electron chi connectivity index (χ1n) is 3.63. The zero-order chi connectivity index (χ0) is 8.06. The van der Waals surface area contributed by atoms with Gasteiger partial charge in [-0.25, -0.2) is 0 Å². The molecule has 2 rings (SSSR count). The molecule has 11 heavy (non-hydrogen) atoms. The first-order chi connectivity index (χ1) is 5.19. The van der Waals surface area contributed by atoms with E-state index in [0.29, 0.717) is 6.61 Å². The van der Waals surface area contributed by atoms with E-state index < -0.39 is 23.8 Å². The molecule has 0 aromatic rings. The van der Waals surface area contributed by atoms with E-state index in [1.165, 1.54) is 0 Å². The molecule has 2 aliphatic rings. The summed E-state index contributed by atoms with van der Waals surface area (Å²) in [6.45, 7) is 0.599. The van der Waals surface area contributed by atoms with Crippen molar-refractivity contribution in [1.82, 2.24) is 0 Å². The van der Waals surface area contributed by atoms with Crippen molar-refractivity contribution in [3.63, 3.8) is 0 Å². The summed E-state index contributed by atoms with van der Waals surface area (Å²) >= 11 is 0.